The van der Waals surface area contributed by atoms with Gasteiger partial charge in [-0.25, -0.2) is 8.78 Å². The molecule has 21 heavy (non-hydrogen) atoms. The second-order valence-corrected chi connectivity index (χ2v) is 5.72. The maximum Gasteiger partial charge on any atom is 0.263 e. The van der Waals surface area contributed by atoms with Crippen LogP contribution in [0.4, 0.5) is 8.78 Å². The second-order valence-electron chi connectivity index (χ2n) is 5.72. The van der Waals surface area contributed by atoms with Gasteiger partial charge in [0.15, 0.2) is 0 Å². The lowest BCUT2D eigenvalue weighted by Gasteiger charge is -2.27. The molecule has 0 aromatic heterocycles. The molecule has 0 radical (unpaired) electrons. The van der Waals surface area contributed by atoms with Gasteiger partial charge in [-0.3, -0.25) is 4.90 Å². The molecule has 1 aromatic carbocycles. The van der Waals surface area contributed by atoms with Gasteiger partial charge in [-0.1, -0.05) is 18.2 Å². The van der Waals surface area contributed by atoms with E-state index in [-0.39, 0.29) is 11.6 Å². The van der Waals surface area contributed by atoms with E-state index in [1.807, 2.05) is 13.1 Å². The van der Waals surface area contributed by atoms with Crippen LogP contribution in [0.2, 0.25) is 0 Å². The minimum Gasteiger partial charge on any atom is -0.380 e. The predicted octanol–water partition coefficient (Wildman–Crippen LogP) is 2.98. The SMILES string of the molecule is CN(CCOCC1CC1)C(CN)c1cccc(C(F)F)c1. The molecule has 0 heterocycles. The highest BCUT2D eigenvalue weighted by atomic mass is 19.3. The molecule has 0 amide bonds. The van der Waals surface area contributed by atoms with Crippen LogP contribution in [-0.2, 0) is 4.74 Å². The average Bonchev–Trinajstić information content (AvgIpc) is 3.29. The highest BCUT2D eigenvalue weighted by Crippen LogP contribution is 2.29. The van der Waals surface area contributed by atoms with E-state index in [1.54, 1.807) is 12.1 Å². The molecule has 5 heteroatoms. The summed E-state index contributed by atoms with van der Waals surface area (Å²) in [6.07, 6.45) is 0.110. The number of benzene rings is 1. The molecule has 0 spiro atoms. The van der Waals surface area contributed by atoms with Crippen LogP contribution < -0.4 is 5.73 Å². The highest BCUT2D eigenvalue weighted by Gasteiger charge is 2.21. The van der Waals surface area contributed by atoms with Crippen molar-refractivity contribution in [2.45, 2.75) is 25.3 Å². The number of alkyl halides is 2. The molecule has 0 saturated heterocycles. The summed E-state index contributed by atoms with van der Waals surface area (Å²) >= 11 is 0. The Hall–Kier alpha value is -1.04. The van der Waals surface area contributed by atoms with Gasteiger partial charge in [0.25, 0.3) is 6.43 Å². The Bertz CT molecular complexity index is 438. The predicted molar refractivity (Wildman–Crippen MR) is 79.4 cm³/mol. The summed E-state index contributed by atoms with van der Waals surface area (Å²) in [5.74, 6) is 0.753. The van der Waals surface area contributed by atoms with Crippen LogP contribution in [-0.4, -0.2) is 38.3 Å². The minimum absolute atomic E-state index is 0.0457. The third kappa shape index (κ3) is 5.02. The van der Waals surface area contributed by atoms with Gasteiger partial charge >= 0.3 is 0 Å². The van der Waals surface area contributed by atoms with Gasteiger partial charge in [0.1, 0.15) is 0 Å². The summed E-state index contributed by atoms with van der Waals surface area (Å²) in [5.41, 5.74) is 6.70. The molecule has 118 valence electrons. The third-order valence-electron chi connectivity index (χ3n) is 3.94. The van der Waals surface area contributed by atoms with E-state index in [1.165, 1.54) is 18.9 Å². The first-order valence-electron chi connectivity index (χ1n) is 7.48. The maximum atomic E-state index is 12.8. The van der Waals surface area contributed by atoms with Gasteiger partial charge < -0.3 is 10.5 Å². The van der Waals surface area contributed by atoms with Crippen molar-refractivity contribution in [1.82, 2.24) is 4.90 Å². The summed E-state index contributed by atoms with van der Waals surface area (Å²) in [6, 6.07) is 6.44. The maximum absolute atomic E-state index is 12.8. The van der Waals surface area contributed by atoms with Crippen molar-refractivity contribution in [3.8, 4) is 0 Å². The van der Waals surface area contributed by atoms with E-state index in [0.29, 0.717) is 13.2 Å². The van der Waals surface area contributed by atoms with Crippen LogP contribution in [0.5, 0.6) is 0 Å². The number of likely N-dealkylation sites (N-methyl/N-ethyl adjacent to an activating group) is 1. The topological polar surface area (TPSA) is 38.5 Å². The number of nitrogens with two attached hydrogens (primary N) is 1. The third-order valence-corrected chi connectivity index (χ3v) is 3.94. The van der Waals surface area contributed by atoms with E-state index >= 15 is 0 Å². The molecule has 2 N–H and O–H groups in total. The lowest BCUT2D eigenvalue weighted by Crippen LogP contribution is -2.33. The van der Waals surface area contributed by atoms with Gasteiger partial charge in [-0.2, -0.15) is 0 Å². The lowest BCUT2D eigenvalue weighted by atomic mass is 10.0. The van der Waals surface area contributed by atoms with Crippen molar-refractivity contribution in [1.29, 1.82) is 0 Å². The van der Waals surface area contributed by atoms with Crippen LogP contribution in [0.25, 0.3) is 0 Å². The molecule has 1 aliphatic carbocycles. The summed E-state index contributed by atoms with van der Waals surface area (Å²) < 4.78 is 31.2. The van der Waals surface area contributed by atoms with E-state index in [9.17, 15) is 8.78 Å². The molecule has 0 bridgehead atoms. The number of halogens is 2. The first-order chi connectivity index (χ1) is 10.1. The van der Waals surface area contributed by atoms with Gasteiger partial charge in [0.05, 0.1) is 6.61 Å². The number of ether oxygens (including phenoxy) is 1. The number of hydrogen-bond acceptors (Lipinski definition) is 3. The van der Waals surface area contributed by atoms with E-state index in [4.69, 9.17) is 10.5 Å². The molecule has 1 aliphatic rings. The van der Waals surface area contributed by atoms with Gasteiger partial charge in [0.2, 0.25) is 0 Å². The molecular weight excluding hydrogens is 274 g/mol. The number of nitrogens with zero attached hydrogens (tertiary/aromatic N) is 1. The fraction of sp³-hybridized carbons (Fsp3) is 0.625. The van der Waals surface area contributed by atoms with Crippen LogP contribution in [0.15, 0.2) is 24.3 Å². The molecule has 1 saturated carbocycles. The van der Waals surface area contributed by atoms with Crippen molar-refractivity contribution in [2.24, 2.45) is 11.7 Å². The molecule has 2 rings (SSSR count). The average molecular weight is 298 g/mol. The van der Waals surface area contributed by atoms with Crippen molar-refractivity contribution >= 4 is 0 Å². The summed E-state index contributed by atoms with van der Waals surface area (Å²) in [4.78, 5) is 2.07. The van der Waals surface area contributed by atoms with Gasteiger partial charge in [0, 0.05) is 31.3 Å². The molecule has 1 unspecified atom stereocenters. The summed E-state index contributed by atoms with van der Waals surface area (Å²) in [7, 11) is 1.95. The van der Waals surface area contributed by atoms with Crippen LogP contribution in [0.1, 0.15) is 36.4 Å². The fourth-order valence-corrected chi connectivity index (χ4v) is 2.37. The van der Waals surface area contributed by atoms with Crippen molar-refractivity contribution in [2.75, 3.05) is 33.4 Å². The number of rotatable bonds is 9. The Kier molecular flexibility index (Phi) is 6.08. The van der Waals surface area contributed by atoms with Crippen molar-refractivity contribution < 1.29 is 13.5 Å². The first-order valence-corrected chi connectivity index (χ1v) is 7.48. The number of hydrogen-bond donors (Lipinski definition) is 1. The van der Waals surface area contributed by atoms with Crippen LogP contribution >= 0.6 is 0 Å². The van der Waals surface area contributed by atoms with Gasteiger partial charge in [-0.15, -0.1) is 0 Å². The Morgan fingerprint density at radius 1 is 1.33 bits per heavy atom. The van der Waals surface area contributed by atoms with Crippen molar-refractivity contribution in [3.63, 3.8) is 0 Å². The Balaban J connectivity index is 1.88. The minimum atomic E-state index is -2.45. The molecule has 1 fully saturated rings. The van der Waals surface area contributed by atoms with Crippen LogP contribution in [0, 0.1) is 5.92 Å². The van der Waals surface area contributed by atoms with Crippen molar-refractivity contribution in [3.05, 3.63) is 35.4 Å². The zero-order chi connectivity index (χ0) is 15.2. The van der Waals surface area contributed by atoms with E-state index < -0.39 is 6.43 Å². The Morgan fingerprint density at radius 3 is 2.67 bits per heavy atom. The van der Waals surface area contributed by atoms with E-state index in [2.05, 4.69) is 4.90 Å². The summed E-state index contributed by atoms with van der Waals surface area (Å²) in [6.45, 7) is 2.62. The largest absolute Gasteiger partial charge is 0.380 e. The highest BCUT2D eigenvalue weighted by molar-refractivity contribution is 5.27. The smallest absolute Gasteiger partial charge is 0.263 e. The standard InChI is InChI=1S/C16H24F2N2O/c1-20(7-8-21-11-12-5-6-12)15(10-19)13-3-2-4-14(9-13)16(17)18/h2-4,9,12,15-16H,5-8,10-11,19H2,1H3. The lowest BCUT2D eigenvalue weighted by molar-refractivity contribution is 0.0921. The molecule has 3 nitrogen and oxygen atoms in total. The monoisotopic (exact) mass is 298 g/mol. The quantitative estimate of drug-likeness (QED) is 0.712. The molecule has 1 atom stereocenters. The van der Waals surface area contributed by atoms with Gasteiger partial charge in [-0.05, 0) is 37.4 Å². The molecule has 1 aromatic rings. The Morgan fingerprint density at radius 2 is 2.05 bits per heavy atom. The molecular formula is C16H24F2N2O. The normalized spacial score (nSPS) is 16.7. The second kappa shape index (κ2) is 7.82. The Labute approximate surface area is 125 Å². The van der Waals surface area contributed by atoms with E-state index in [0.717, 1.165) is 24.6 Å². The first kappa shape index (κ1) is 16.3. The fourth-order valence-electron chi connectivity index (χ4n) is 2.37. The molecule has 0 aliphatic heterocycles. The zero-order valence-corrected chi connectivity index (χ0v) is 12.5. The zero-order valence-electron chi connectivity index (χ0n) is 12.5. The summed E-state index contributed by atoms with van der Waals surface area (Å²) in [5, 5.41) is 0. The van der Waals surface area contributed by atoms with Crippen LogP contribution in [0.3, 0.4) is 0 Å².